The summed E-state index contributed by atoms with van der Waals surface area (Å²) in [5, 5.41) is 7.92. The van der Waals surface area contributed by atoms with E-state index in [0.29, 0.717) is 0 Å². The molecule has 0 radical (unpaired) electrons. The number of rotatable bonds is 6. The molecule has 0 aliphatic rings. The van der Waals surface area contributed by atoms with Gasteiger partial charge in [-0.1, -0.05) is 23.2 Å². The Balaban J connectivity index is 2.33. The topological polar surface area (TPSA) is 24.1 Å². The lowest BCUT2D eigenvalue weighted by atomic mass is 10.1. The van der Waals surface area contributed by atoms with Crippen molar-refractivity contribution in [1.29, 1.82) is 0 Å². The molecule has 0 unspecified atom stereocenters. The zero-order valence-corrected chi connectivity index (χ0v) is 10.3. The van der Waals surface area contributed by atoms with Gasteiger partial charge in [0.1, 0.15) is 0 Å². The third kappa shape index (κ3) is 4.85. The van der Waals surface area contributed by atoms with E-state index >= 15 is 0 Å². The standard InChI is InChI=1S/C11H16Cl2N2/c1-14-6-7-15-5-4-9-8-10(12)2-3-11(9)13/h2-3,8,14-15H,4-7H2,1H3. The highest BCUT2D eigenvalue weighted by Crippen LogP contribution is 2.20. The Labute approximate surface area is 101 Å². The summed E-state index contributed by atoms with van der Waals surface area (Å²) in [5.41, 5.74) is 1.10. The van der Waals surface area contributed by atoms with Crippen LogP contribution >= 0.6 is 23.2 Å². The minimum Gasteiger partial charge on any atom is -0.318 e. The van der Waals surface area contributed by atoms with Gasteiger partial charge in [-0.15, -0.1) is 0 Å². The summed E-state index contributed by atoms with van der Waals surface area (Å²) >= 11 is 11.9. The highest BCUT2D eigenvalue weighted by Gasteiger charge is 2.00. The van der Waals surface area contributed by atoms with Gasteiger partial charge in [0.25, 0.3) is 0 Å². The van der Waals surface area contributed by atoms with Crippen LogP contribution in [0.5, 0.6) is 0 Å². The summed E-state index contributed by atoms with van der Waals surface area (Å²) in [7, 11) is 1.94. The van der Waals surface area contributed by atoms with Crippen LogP contribution in [0.4, 0.5) is 0 Å². The van der Waals surface area contributed by atoms with Crippen LogP contribution in [0.1, 0.15) is 5.56 Å². The number of benzene rings is 1. The zero-order valence-electron chi connectivity index (χ0n) is 8.82. The van der Waals surface area contributed by atoms with Crippen molar-refractivity contribution >= 4 is 23.2 Å². The van der Waals surface area contributed by atoms with Crippen molar-refractivity contribution in [1.82, 2.24) is 10.6 Å². The second-order valence-electron chi connectivity index (χ2n) is 3.34. The Hall–Kier alpha value is -0.280. The third-order valence-electron chi connectivity index (χ3n) is 2.13. The van der Waals surface area contributed by atoms with Crippen molar-refractivity contribution in [3.8, 4) is 0 Å². The lowest BCUT2D eigenvalue weighted by Crippen LogP contribution is -2.26. The molecule has 0 fully saturated rings. The van der Waals surface area contributed by atoms with Gasteiger partial charge in [0.05, 0.1) is 0 Å². The van der Waals surface area contributed by atoms with E-state index in [1.54, 1.807) is 0 Å². The van der Waals surface area contributed by atoms with Gasteiger partial charge in [-0.2, -0.15) is 0 Å². The van der Waals surface area contributed by atoms with Gasteiger partial charge in [0.15, 0.2) is 0 Å². The van der Waals surface area contributed by atoms with Gasteiger partial charge < -0.3 is 10.6 Å². The molecule has 0 saturated carbocycles. The molecule has 0 aromatic heterocycles. The van der Waals surface area contributed by atoms with E-state index < -0.39 is 0 Å². The monoisotopic (exact) mass is 246 g/mol. The first-order valence-electron chi connectivity index (χ1n) is 5.03. The maximum atomic E-state index is 6.04. The maximum Gasteiger partial charge on any atom is 0.0439 e. The first kappa shape index (κ1) is 12.8. The molecular weight excluding hydrogens is 231 g/mol. The van der Waals surface area contributed by atoms with E-state index in [-0.39, 0.29) is 0 Å². The fraction of sp³-hybridized carbons (Fsp3) is 0.455. The largest absolute Gasteiger partial charge is 0.318 e. The van der Waals surface area contributed by atoms with E-state index in [2.05, 4.69) is 10.6 Å². The van der Waals surface area contributed by atoms with E-state index in [9.17, 15) is 0 Å². The molecule has 0 bridgehead atoms. The minimum atomic E-state index is 0.740. The molecule has 4 heteroatoms. The predicted molar refractivity (Wildman–Crippen MR) is 67.0 cm³/mol. The number of nitrogens with one attached hydrogen (secondary N) is 2. The van der Waals surface area contributed by atoms with Crippen LogP contribution in [0.3, 0.4) is 0 Å². The molecular formula is C11H16Cl2N2. The van der Waals surface area contributed by atoms with Crippen LogP contribution in [-0.4, -0.2) is 26.7 Å². The Kier molecular flexibility index (Phi) is 6.03. The Morgan fingerprint density at radius 2 is 1.93 bits per heavy atom. The lowest BCUT2D eigenvalue weighted by Gasteiger charge is -2.06. The predicted octanol–water partition coefficient (Wildman–Crippen LogP) is 2.34. The summed E-state index contributed by atoms with van der Waals surface area (Å²) in [4.78, 5) is 0. The normalized spacial score (nSPS) is 10.6. The average Bonchev–Trinajstić information content (AvgIpc) is 2.23. The summed E-state index contributed by atoms with van der Waals surface area (Å²) < 4.78 is 0. The molecule has 0 aliphatic carbocycles. The van der Waals surface area contributed by atoms with E-state index in [1.165, 1.54) is 0 Å². The van der Waals surface area contributed by atoms with Crippen molar-refractivity contribution in [3.05, 3.63) is 33.8 Å². The SMILES string of the molecule is CNCCNCCc1cc(Cl)ccc1Cl. The summed E-state index contributed by atoms with van der Waals surface area (Å²) in [6.07, 6.45) is 0.906. The number of likely N-dealkylation sites (N-methyl/N-ethyl adjacent to an activating group) is 1. The maximum absolute atomic E-state index is 6.04. The summed E-state index contributed by atoms with van der Waals surface area (Å²) in [6.45, 7) is 2.86. The quantitative estimate of drug-likeness (QED) is 0.754. The van der Waals surface area contributed by atoms with Crippen LogP contribution in [0.15, 0.2) is 18.2 Å². The third-order valence-corrected chi connectivity index (χ3v) is 2.73. The second kappa shape index (κ2) is 7.07. The smallest absolute Gasteiger partial charge is 0.0439 e. The molecule has 0 heterocycles. The van der Waals surface area contributed by atoms with E-state index in [0.717, 1.165) is 41.7 Å². The van der Waals surface area contributed by atoms with Gasteiger partial charge in [-0.3, -0.25) is 0 Å². The Morgan fingerprint density at radius 1 is 1.13 bits per heavy atom. The first-order chi connectivity index (χ1) is 7.24. The summed E-state index contributed by atoms with van der Waals surface area (Å²) in [6, 6.07) is 5.57. The van der Waals surface area contributed by atoms with Crippen molar-refractivity contribution in [2.45, 2.75) is 6.42 Å². The molecule has 0 amide bonds. The van der Waals surface area contributed by atoms with Crippen molar-refractivity contribution in [2.24, 2.45) is 0 Å². The van der Waals surface area contributed by atoms with E-state index in [1.807, 2.05) is 25.2 Å². The molecule has 1 aromatic rings. The van der Waals surface area contributed by atoms with E-state index in [4.69, 9.17) is 23.2 Å². The molecule has 0 atom stereocenters. The first-order valence-corrected chi connectivity index (χ1v) is 5.79. The molecule has 84 valence electrons. The van der Waals surface area contributed by atoms with Crippen LogP contribution in [0.25, 0.3) is 0 Å². The van der Waals surface area contributed by atoms with Gasteiger partial charge >= 0.3 is 0 Å². The van der Waals surface area contributed by atoms with Gasteiger partial charge in [0.2, 0.25) is 0 Å². The Bertz CT molecular complexity index is 303. The van der Waals surface area contributed by atoms with Crippen LogP contribution < -0.4 is 10.6 Å². The number of hydrogen-bond acceptors (Lipinski definition) is 2. The minimum absolute atomic E-state index is 0.740. The molecule has 0 aliphatic heterocycles. The molecule has 0 spiro atoms. The molecule has 2 N–H and O–H groups in total. The fourth-order valence-electron chi connectivity index (χ4n) is 1.30. The summed E-state index contributed by atoms with van der Waals surface area (Å²) in [5.74, 6) is 0. The van der Waals surface area contributed by atoms with Crippen LogP contribution in [0, 0.1) is 0 Å². The lowest BCUT2D eigenvalue weighted by molar-refractivity contribution is 0.649. The highest BCUT2D eigenvalue weighted by molar-refractivity contribution is 6.33. The molecule has 15 heavy (non-hydrogen) atoms. The molecule has 1 rings (SSSR count). The number of halogens is 2. The molecule has 2 nitrogen and oxygen atoms in total. The van der Waals surface area contributed by atoms with Gasteiger partial charge in [-0.25, -0.2) is 0 Å². The van der Waals surface area contributed by atoms with Gasteiger partial charge in [-0.05, 0) is 43.8 Å². The highest BCUT2D eigenvalue weighted by atomic mass is 35.5. The van der Waals surface area contributed by atoms with Crippen LogP contribution in [-0.2, 0) is 6.42 Å². The Morgan fingerprint density at radius 3 is 2.67 bits per heavy atom. The second-order valence-corrected chi connectivity index (χ2v) is 4.18. The molecule has 0 saturated heterocycles. The fourth-order valence-corrected chi connectivity index (χ4v) is 1.70. The van der Waals surface area contributed by atoms with Crippen LogP contribution in [0.2, 0.25) is 10.0 Å². The molecule has 1 aromatic carbocycles. The van der Waals surface area contributed by atoms with Crippen molar-refractivity contribution < 1.29 is 0 Å². The van der Waals surface area contributed by atoms with Crippen molar-refractivity contribution in [3.63, 3.8) is 0 Å². The zero-order chi connectivity index (χ0) is 11.1. The van der Waals surface area contributed by atoms with Gasteiger partial charge in [0, 0.05) is 23.1 Å². The van der Waals surface area contributed by atoms with Crippen molar-refractivity contribution in [2.75, 3.05) is 26.7 Å². The average molecular weight is 247 g/mol. The number of hydrogen-bond donors (Lipinski definition) is 2.